The Morgan fingerprint density at radius 2 is 1.76 bits per heavy atom. The molecule has 0 atom stereocenters. The molecule has 1 rings (SSSR count). The van der Waals surface area contributed by atoms with E-state index in [1.54, 1.807) is 0 Å². The van der Waals surface area contributed by atoms with E-state index in [-0.39, 0.29) is 40.7 Å². The number of benzene rings is 1. The minimum Gasteiger partial charge on any atom is -0.545 e. The molecule has 3 N–H and O–H groups in total. The van der Waals surface area contributed by atoms with Crippen LogP contribution in [-0.4, -0.2) is 46.8 Å². The van der Waals surface area contributed by atoms with Gasteiger partial charge in [-0.1, -0.05) is 12.1 Å². The molecular formula is C10H9NaO9S. The first kappa shape index (κ1) is 20.0. The van der Waals surface area contributed by atoms with Gasteiger partial charge in [0.1, 0.15) is 0 Å². The largest absolute Gasteiger partial charge is 1.00 e. The molecule has 110 valence electrons. The van der Waals surface area contributed by atoms with Crippen LogP contribution in [-0.2, 0) is 14.9 Å². The molecule has 0 saturated heterocycles. The monoisotopic (exact) mass is 328 g/mol. The number of carbonyl (C=O) groups is 2. The molecule has 0 saturated carbocycles. The normalized spacial score (nSPS) is 11.4. The van der Waals surface area contributed by atoms with Gasteiger partial charge in [0.05, 0.1) is 11.5 Å². The summed E-state index contributed by atoms with van der Waals surface area (Å²) in [6.07, 6.45) is 0. The molecule has 0 amide bonds. The van der Waals surface area contributed by atoms with Crippen molar-refractivity contribution in [1.29, 1.82) is 0 Å². The van der Waals surface area contributed by atoms with E-state index in [9.17, 15) is 23.1 Å². The number of carboxylic acids is 1. The van der Waals surface area contributed by atoms with Crippen LogP contribution in [0, 0.1) is 0 Å². The summed E-state index contributed by atoms with van der Waals surface area (Å²) in [7, 11) is -5.27. The second-order valence-electron chi connectivity index (χ2n) is 3.66. The maximum absolute atomic E-state index is 11.5. The first-order valence-corrected chi connectivity index (χ1v) is 6.39. The third-order valence-electron chi connectivity index (χ3n) is 2.14. The minimum atomic E-state index is -5.27. The third-order valence-corrected chi connectivity index (χ3v) is 3.08. The summed E-state index contributed by atoms with van der Waals surface area (Å²) in [5.41, 5.74) is -0.605. The fourth-order valence-corrected chi connectivity index (χ4v) is 1.30. The second kappa shape index (κ2) is 7.31. The maximum Gasteiger partial charge on any atom is 1.00 e. The van der Waals surface area contributed by atoms with Gasteiger partial charge in [-0.05, 0) is 17.7 Å². The van der Waals surface area contributed by atoms with Crippen molar-refractivity contribution in [2.75, 3.05) is 6.61 Å². The number of hydrogen-bond donors (Lipinski definition) is 3. The molecule has 0 unspecified atom stereocenters. The number of rotatable bonds is 5. The Kier molecular flexibility index (Phi) is 6.96. The summed E-state index contributed by atoms with van der Waals surface area (Å²) in [5, 5.41) is 24.8. The first-order valence-electron chi connectivity index (χ1n) is 4.95. The van der Waals surface area contributed by atoms with Crippen LogP contribution >= 0.6 is 0 Å². The molecule has 0 aliphatic carbocycles. The van der Waals surface area contributed by atoms with Crippen molar-refractivity contribution in [2.45, 2.75) is 5.12 Å². The summed E-state index contributed by atoms with van der Waals surface area (Å²) in [6, 6.07) is 4.39. The first-order chi connectivity index (χ1) is 9.04. The van der Waals surface area contributed by atoms with E-state index in [4.69, 9.17) is 14.8 Å². The van der Waals surface area contributed by atoms with E-state index in [1.165, 1.54) is 6.07 Å². The van der Waals surface area contributed by atoms with Crippen LogP contribution in [0.1, 0.15) is 20.7 Å². The number of carboxylic acid groups (broad SMARTS) is 1. The quantitative estimate of drug-likeness (QED) is 0.207. The average molecular weight is 328 g/mol. The van der Waals surface area contributed by atoms with Gasteiger partial charge in [-0.25, -0.2) is 4.79 Å². The molecule has 0 fully saturated rings. The summed E-state index contributed by atoms with van der Waals surface area (Å²) in [6.45, 7) is -1.46. The van der Waals surface area contributed by atoms with Crippen LogP contribution in [0.25, 0.3) is 0 Å². The van der Waals surface area contributed by atoms with E-state index in [2.05, 4.69) is 4.74 Å². The number of esters is 1. The molecule has 0 bridgehead atoms. The van der Waals surface area contributed by atoms with Crippen molar-refractivity contribution in [3.05, 3.63) is 35.4 Å². The number of ether oxygens (including phenoxy) is 1. The fraction of sp³-hybridized carbons (Fsp3) is 0.200. The Bertz CT molecular complexity index is 638. The van der Waals surface area contributed by atoms with Gasteiger partial charge < -0.3 is 24.9 Å². The predicted molar refractivity (Wildman–Crippen MR) is 59.8 cm³/mol. The minimum absolute atomic E-state index is 0. The van der Waals surface area contributed by atoms with Gasteiger partial charge in [0.2, 0.25) is 0 Å². The van der Waals surface area contributed by atoms with Crippen LogP contribution in [0.4, 0.5) is 0 Å². The summed E-state index contributed by atoms with van der Waals surface area (Å²) >= 11 is 0. The molecule has 11 heteroatoms. The van der Waals surface area contributed by atoms with Crippen LogP contribution in [0.5, 0.6) is 0 Å². The Morgan fingerprint density at radius 1 is 1.24 bits per heavy atom. The second-order valence-corrected chi connectivity index (χ2v) is 5.27. The van der Waals surface area contributed by atoms with Crippen molar-refractivity contribution in [1.82, 2.24) is 0 Å². The molecule has 0 heterocycles. The van der Waals surface area contributed by atoms with E-state index < -0.39 is 33.8 Å². The average Bonchev–Trinajstić information content (AvgIpc) is 2.34. The predicted octanol–water partition coefficient (Wildman–Crippen LogP) is -5.26. The van der Waals surface area contributed by atoms with Crippen molar-refractivity contribution in [2.24, 2.45) is 0 Å². The van der Waals surface area contributed by atoms with E-state index in [1.807, 2.05) is 0 Å². The summed E-state index contributed by atoms with van der Waals surface area (Å²) < 4.78 is 33.8. The molecule has 21 heavy (non-hydrogen) atoms. The van der Waals surface area contributed by atoms with Gasteiger partial charge in [-0.15, -0.1) is 0 Å². The molecule has 0 aliphatic rings. The molecule has 1 aromatic carbocycles. The molecular weight excluding hydrogens is 319 g/mol. The smallest absolute Gasteiger partial charge is 0.545 e. The number of carbonyl (C=O) groups excluding carboxylic acids is 2. The zero-order valence-corrected chi connectivity index (χ0v) is 13.5. The Labute approximate surface area is 141 Å². The topological polar surface area (TPSA) is 161 Å². The standard InChI is InChI=1S/C10H10O9S.Na/c11-8(12)6-2-1-3-7(4-6)9(13)19-5-10(14,15)20(16,17)18;/h1-4,14-15H,5H2,(H,11,12)(H,16,17,18);/q;+1/p-1. The van der Waals surface area contributed by atoms with Crippen LogP contribution in [0.3, 0.4) is 0 Å². The SMILES string of the molecule is O=C([O-])c1cccc(C(=O)OCC(O)(O)S(=O)(=O)O)c1.[Na+]. The van der Waals surface area contributed by atoms with Gasteiger partial charge in [-0.3, -0.25) is 4.55 Å². The van der Waals surface area contributed by atoms with Crippen LogP contribution < -0.4 is 34.7 Å². The van der Waals surface area contributed by atoms with Crippen molar-refractivity contribution < 1.29 is 72.2 Å². The number of aliphatic hydroxyl groups is 2. The molecule has 9 nitrogen and oxygen atoms in total. The number of hydrogen-bond acceptors (Lipinski definition) is 8. The zero-order chi connectivity index (χ0) is 15.6. The van der Waals surface area contributed by atoms with Gasteiger partial charge in [0.25, 0.3) is 0 Å². The Morgan fingerprint density at radius 3 is 2.24 bits per heavy atom. The molecule has 1 aromatic rings. The van der Waals surface area contributed by atoms with Crippen molar-refractivity contribution in [3.8, 4) is 0 Å². The van der Waals surface area contributed by atoms with E-state index in [0.29, 0.717) is 0 Å². The molecule has 0 aliphatic heterocycles. The van der Waals surface area contributed by atoms with Crippen LogP contribution in [0.15, 0.2) is 24.3 Å². The zero-order valence-electron chi connectivity index (χ0n) is 10.7. The molecule has 0 radical (unpaired) electrons. The Hall–Kier alpha value is -1.01. The maximum atomic E-state index is 11.5. The fourth-order valence-electron chi connectivity index (χ4n) is 1.09. The van der Waals surface area contributed by atoms with Crippen molar-refractivity contribution in [3.63, 3.8) is 0 Å². The Balaban J connectivity index is 0.00000400. The van der Waals surface area contributed by atoms with E-state index >= 15 is 0 Å². The third kappa shape index (κ3) is 5.36. The number of aromatic carboxylic acids is 1. The van der Waals surface area contributed by atoms with E-state index in [0.717, 1.165) is 18.2 Å². The molecule has 0 spiro atoms. The van der Waals surface area contributed by atoms with Gasteiger partial charge in [0, 0.05) is 0 Å². The summed E-state index contributed by atoms with van der Waals surface area (Å²) in [4.78, 5) is 22.0. The van der Waals surface area contributed by atoms with Gasteiger partial charge >= 0.3 is 50.8 Å². The summed E-state index contributed by atoms with van der Waals surface area (Å²) in [5.74, 6) is -2.76. The van der Waals surface area contributed by atoms with Crippen molar-refractivity contribution >= 4 is 22.1 Å². The van der Waals surface area contributed by atoms with Gasteiger partial charge in [0.15, 0.2) is 6.61 Å². The van der Waals surface area contributed by atoms with Crippen LogP contribution in [0.2, 0.25) is 0 Å². The van der Waals surface area contributed by atoms with Gasteiger partial charge in [-0.2, -0.15) is 8.42 Å². The molecule has 0 aromatic heterocycles.